The second-order valence-electron chi connectivity index (χ2n) is 7.38. The molecule has 0 aliphatic carbocycles. The second-order valence-corrected chi connectivity index (χ2v) is 9.21. The third-order valence-electron chi connectivity index (χ3n) is 5.21. The molecule has 0 heterocycles. The fraction of sp³-hybridized carbons (Fsp3) is 0.0769. The fourth-order valence-corrected chi connectivity index (χ4v) is 4.16. The van der Waals surface area contributed by atoms with Crippen LogP contribution in [0.2, 0.25) is 0 Å². The van der Waals surface area contributed by atoms with Gasteiger partial charge in [0.05, 0.1) is 12.1 Å². The minimum absolute atomic E-state index is 0.181. The molecular formula is C26H22Br2N2O2. The van der Waals surface area contributed by atoms with E-state index in [-0.39, 0.29) is 11.5 Å². The van der Waals surface area contributed by atoms with Gasteiger partial charge in [-0.25, -0.2) is 0 Å². The number of phenolic OH excluding ortho intramolecular Hbond substituents is 2. The zero-order valence-corrected chi connectivity index (χ0v) is 20.2. The summed E-state index contributed by atoms with van der Waals surface area (Å²) in [6, 6.07) is 29.5. The van der Waals surface area contributed by atoms with Crippen LogP contribution in [0.1, 0.15) is 23.2 Å². The van der Waals surface area contributed by atoms with Crippen molar-refractivity contribution in [3.8, 4) is 11.5 Å². The number of benzene rings is 4. The summed E-state index contributed by atoms with van der Waals surface area (Å²) in [6.45, 7) is 0. The largest absolute Gasteiger partial charge is 0.508 e. The van der Waals surface area contributed by atoms with E-state index in [0.717, 1.165) is 20.3 Å². The number of anilines is 2. The first-order chi connectivity index (χ1) is 15.5. The molecular weight excluding hydrogens is 532 g/mol. The van der Waals surface area contributed by atoms with Gasteiger partial charge in [-0.1, -0.05) is 68.3 Å². The predicted octanol–water partition coefficient (Wildman–Crippen LogP) is 7.63. The minimum Gasteiger partial charge on any atom is -0.508 e. The number of halogens is 2. The van der Waals surface area contributed by atoms with Crippen LogP contribution in [0.5, 0.6) is 11.5 Å². The highest BCUT2D eigenvalue weighted by Crippen LogP contribution is 2.41. The summed E-state index contributed by atoms with van der Waals surface area (Å²) in [7, 11) is 0. The minimum atomic E-state index is -0.394. The van der Waals surface area contributed by atoms with Gasteiger partial charge in [-0.15, -0.1) is 0 Å². The van der Waals surface area contributed by atoms with Gasteiger partial charge in [0, 0.05) is 31.4 Å². The molecule has 0 aliphatic rings. The van der Waals surface area contributed by atoms with Crippen LogP contribution in [0.3, 0.4) is 0 Å². The first-order valence-corrected chi connectivity index (χ1v) is 11.7. The maximum atomic E-state index is 10.7. The maximum Gasteiger partial charge on any atom is 0.120 e. The number of phenols is 2. The van der Waals surface area contributed by atoms with Crippen LogP contribution in [0, 0.1) is 0 Å². The van der Waals surface area contributed by atoms with E-state index in [4.69, 9.17) is 0 Å². The molecule has 0 unspecified atom stereocenters. The third kappa shape index (κ3) is 5.26. The Kier molecular flexibility index (Phi) is 7.02. The molecule has 0 fully saturated rings. The molecule has 4 rings (SSSR count). The SMILES string of the molecule is Oc1ccccc1[C@@H](Nc1ccc(Br)cc1)[C@H](Nc1ccc(Br)cc1)c1ccccc1O. The molecule has 0 saturated carbocycles. The zero-order valence-electron chi connectivity index (χ0n) is 17.0. The summed E-state index contributed by atoms with van der Waals surface area (Å²) in [6.07, 6.45) is 0. The molecule has 0 amide bonds. The predicted molar refractivity (Wildman–Crippen MR) is 137 cm³/mol. The van der Waals surface area contributed by atoms with E-state index >= 15 is 0 Å². The van der Waals surface area contributed by atoms with E-state index in [9.17, 15) is 10.2 Å². The van der Waals surface area contributed by atoms with E-state index in [1.807, 2.05) is 72.8 Å². The highest BCUT2D eigenvalue weighted by atomic mass is 79.9. The Hall–Kier alpha value is -2.96. The normalized spacial score (nSPS) is 12.7. The van der Waals surface area contributed by atoms with Gasteiger partial charge in [-0.3, -0.25) is 0 Å². The van der Waals surface area contributed by atoms with Crippen LogP contribution in [0.15, 0.2) is 106 Å². The number of para-hydroxylation sites is 2. The Bertz CT molecular complexity index is 1090. The number of hydrogen-bond donors (Lipinski definition) is 4. The van der Waals surface area contributed by atoms with Gasteiger partial charge in [-0.2, -0.15) is 0 Å². The fourth-order valence-electron chi connectivity index (χ4n) is 3.63. The van der Waals surface area contributed by atoms with Crippen LogP contribution in [0.25, 0.3) is 0 Å². The van der Waals surface area contributed by atoms with Crippen molar-refractivity contribution in [2.75, 3.05) is 10.6 Å². The molecule has 2 atom stereocenters. The highest BCUT2D eigenvalue weighted by Gasteiger charge is 2.29. The average Bonchev–Trinajstić information content (AvgIpc) is 2.80. The molecule has 0 radical (unpaired) electrons. The van der Waals surface area contributed by atoms with Gasteiger partial charge >= 0.3 is 0 Å². The number of aromatic hydroxyl groups is 2. The van der Waals surface area contributed by atoms with Crippen molar-refractivity contribution < 1.29 is 10.2 Å². The molecule has 4 aromatic carbocycles. The van der Waals surface area contributed by atoms with Crippen LogP contribution in [0.4, 0.5) is 11.4 Å². The number of rotatable bonds is 7. The lowest BCUT2D eigenvalue weighted by Crippen LogP contribution is -2.26. The third-order valence-corrected chi connectivity index (χ3v) is 6.27. The number of hydrogen-bond acceptors (Lipinski definition) is 4. The second kappa shape index (κ2) is 10.1. The summed E-state index contributed by atoms with van der Waals surface area (Å²) >= 11 is 6.95. The van der Waals surface area contributed by atoms with Gasteiger partial charge < -0.3 is 20.8 Å². The lowest BCUT2D eigenvalue weighted by Gasteiger charge is -2.32. The van der Waals surface area contributed by atoms with Gasteiger partial charge in [0.2, 0.25) is 0 Å². The molecule has 0 aromatic heterocycles. The molecule has 4 aromatic rings. The Morgan fingerprint density at radius 3 is 1.19 bits per heavy atom. The first-order valence-electron chi connectivity index (χ1n) is 10.1. The summed E-state index contributed by atoms with van der Waals surface area (Å²) in [5, 5.41) is 28.6. The van der Waals surface area contributed by atoms with Gasteiger partial charge in [0.25, 0.3) is 0 Å². The first kappa shape index (κ1) is 22.2. The molecule has 0 aliphatic heterocycles. The van der Waals surface area contributed by atoms with Crippen molar-refractivity contribution in [2.45, 2.75) is 12.1 Å². The molecule has 0 bridgehead atoms. The van der Waals surface area contributed by atoms with E-state index < -0.39 is 12.1 Å². The molecule has 0 spiro atoms. The van der Waals surface area contributed by atoms with Crippen molar-refractivity contribution in [1.82, 2.24) is 0 Å². The topological polar surface area (TPSA) is 64.5 Å². The van der Waals surface area contributed by atoms with Crippen molar-refractivity contribution in [2.24, 2.45) is 0 Å². The Morgan fingerprint density at radius 1 is 0.500 bits per heavy atom. The van der Waals surface area contributed by atoms with Crippen molar-refractivity contribution in [3.63, 3.8) is 0 Å². The van der Waals surface area contributed by atoms with Crippen molar-refractivity contribution >= 4 is 43.2 Å². The van der Waals surface area contributed by atoms with Gasteiger partial charge in [0.15, 0.2) is 0 Å². The van der Waals surface area contributed by atoms with Crippen LogP contribution < -0.4 is 10.6 Å². The maximum absolute atomic E-state index is 10.7. The van der Waals surface area contributed by atoms with Gasteiger partial charge in [-0.05, 0) is 60.7 Å². The van der Waals surface area contributed by atoms with E-state index in [1.54, 1.807) is 24.3 Å². The highest BCUT2D eigenvalue weighted by molar-refractivity contribution is 9.10. The average molecular weight is 554 g/mol. The van der Waals surface area contributed by atoms with Crippen LogP contribution in [-0.2, 0) is 0 Å². The van der Waals surface area contributed by atoms with Crippen LogP contribution >= 0.6 is 31.9 Å². The Labute approximate surface area is 204 Å². The molecule has 0 saturated heterocycles. The Balaban J connectivity index is 1.82. The lowest BCUT2D eigenvalue weighted by atomic mass is 9.91. The van der Waals surface area contributed by atoms with E-state index in [1.165, 1.54) is 0 Å². The summed E-state index contributed by atoms with van der Waals surface area (Å²) < 4.78 is 1.96. The monoisotopic (exact) mass is 552 g/mol. The summed E-state index contributed by atoms with van der Waals surface area (Å²) in [5.74, 6) is 0.361. The molecule has 32 heavy (non-hydrogen) atoms. The quantitative estimate of drug-likeness (QED) is 0.190. The molecule has 162 valence electrons. The lowest BCUT2D eigenvalue weighted by molar-refractivity contribution is 0.447. The molecule has 6 heteroatoms. The van der Waals surface area contributed by atoms with Crippen LogP contribution in [-0.4, -0.2) is 10.2 Å². The smallest absolute Gasteiger partial charge is 0.120 e. The Morgan fingerprint density at radius 2 is 0.844 bits per heavy atom. The summed E-state index contributed by atoms with van der Waals surface area (Å²) in [4.78, 5) is 0. The van der Waals surface area contributed by atoms with Crippen molar-refractivity contribution in [3.05, 3.63) is 117 Å². The number of nitrogens with one attached hydrogen (secondary N) is 2. The molecule has 4 N–H and O–H groups in total. The summed E-state index contributed by atoms with van der Waals surface area (Å²) in [5.41, 5.74) is 3.21. The zero-order chi connectivity index (χ0) is 22.5. The van der Waals surface area contributed by atoms with E-state index in [2.05, 4.69) is 42.5 Å². The molecule has 4 nitrogen and oxygen atoms in total. The van der Waals surface area contributed by atoms with E-state index in [0.29, 0.717) is 11.1 Å². The van der Waals surface area contributed by atoms with Crippen molar-refractivity contribution in [1.29, 1.82) is 0 Å². The van der Waals surface area contributed by atoms with Gasteiger partial charge in [0.1, 0.15) is 11.5 Å². The standard InChI is InChI=1S/C26H22Br2N2O2/c27-17-9-13-19(14-10-17)29-25(21-5-1-3-7-23(21)31)26(22-6-2-4-8-24(22)32)30-20-15-11-18(28)12-16-20/h1-16,25-26,29-32H/t25-,26-/m1/s1.